The first-order valence-electron chi connectivity index (χ1n) is 6.67. The van der Waals surface area contributed by atoms with E-state index < -0.39 is 8.32 Å². The van der Waals surface area contributed by atoms with Crippen molar-refractivity contribution in [2.24, 2.45) is 0 Å². The Morgan fingerprint density at radius 3 is 2.63 bits per heavy atom. The van der Waals surface area contributed by atoms with Crippen LogP contribution in [0.1, 0.15) is 17.2 Å². The van der Waals surface area contributed by atoms with E-state index in [0.29, 0.717) is 0 Å². The highest BCUT2D eigenvalue weighted by Crippen LogP contribution is 2.35. The molecule has 19 heavy (non-hydrogen) atoms. The van der Waals surface area contributed by atoms with E-state index >= 15 is 0 Å². The van der Waals surface area contributed by atoms with Crippen LogP contribution in [-0.2, 0) is 4.43 Å². The van der Waals surface area contributed by atoms with Crippen LogP contribution >= 0.6 is 0 Å². The summed E-state index contributed by atoms with van der Waals surface area (Å²) in [7, 11) is 0.191. The molecular formula is C16H19NOSi. The second kappa shape index (κ2) is 4.51. The first-order valence-corrected chi connectivity index (χ1v) is 9.57. The average Bonchev–Trinajstić information content (AvgIpc) is 2.72. The third-order valence-corrected chi connectivity index (χ3v) is 6.36. The third kappa shape index (κ3) is 2.09. The van der Waals surface area contributed by atoms with Crippen LogP contribution in [0.2, 0.25) is 13.1 Å². The van der Waals surface area contributed by atoms with E-state index in [0.717, 1.165) is 5.69 Å². The normalized spacial score (nSPS) is 20.1. The van der Waals surface area contributed by atoms with Crippen LogP contribution in [0.15, 0.2) is 48.5 Å². The lowest BCUT2D eigenvalue weighted by Gasteiger charge is -2.19. The molecule has 0 radical (unpaired) electrons. The number of hydrogen-bond acceptors (Lipinski definition) is 2. The van der Waals surface area contributed by atoms with Gasteiger partial charge in [-0.1, -0.05) is 36.4 Å². The van der Waals surface area contributed by atoms with Gasteiger partial charge in [-0.3, -0.25) is 0 Å². The zero-order valence-corrected chi connectivity index (χ0v) is 12.6. The fraction of sp³-hybridized carbons (Fsp3) is 0.250. The van der Waals surface area contributed by atoms with Gasteiger partial charge < -0.3 is 9.74 Å². The van der Waals surface area contributed by atoms with Crippen molar-refractivity contribution in [1.82, 2.24) is 0 Å². The highest BCUT2D eigenvalue weighted by Gasteiger charge is 2.40. The standard InChI is InChI=1S/C16H19NOSi/c1-17-13-8-6-7-12(11-13)16-14-9-4-5-10-15(14)19(2,3)18-16/h4-11,16-17H,1-3H3. The van der Waals surface area contributed by atoms with Crippen molar-refractivity contribution in [3.8, 4) is 0 Å². The summed E-state index contributed by atoms with van der Waals surface area (Å²) >= 11 is 0. The summed E-state index contributed by atoms with van der Waals surface area (Å²) in [4.78, 5) is 0. The summed E-state index contributed by atoms with van der Waals surface area (Å²) in [6.45, 7) is 4.54. The van der Waals surface area contributed by atoms with Crippen LogP contribution in [0.4, 0.5) is 5.69 Å². The molecule has 0 saturated heterocycles. The van der Waals surface area contributed by atoms with Crippen LogP contribution in [0.3, 0.4) is 0 Å². The summed E-state index contributed by atoms with van der Waals surface area (Å²) < 4.78 is 6.42. The van der Waals surface area contributed by atoms with Gasteiger partial charge in [0.15, 0.2) is 0 Å². The van der Waals surface area contributed by atoms with E-state index in [1.165, 1.54) is 16.3 Å². The number of nitrogens with one attached hydrogen (secondary N) is 1. The van der Waals surface area contributed by atoms with E-state index in [4.69, 9.17) is 4.43 Å². The van der Waals surface area contributed by atoms with Gasteiger partial charge in [-0.2, -0.15) is 0 Å². The zero-order chi connectivity index (χ0) is 13.5. The van der Waals surface area contributed by atoms with Gasteiger partial charge in [0.1, 0.15) is 0 Å². The van der Waals surface area contributed by atoms with Crippen molar-refractivity contribution in [1.29, 1.82) is 0 Å². The molecule has 1 aliphatic rings. The van der Waals surface area contributed by atoms with E-state index in [9.17, 15) is 0 Å². The lowest BCUT2D eigenvalue weighted by Crippen LogP contribution is -2.39. The lowest BCUT2D eigenvalue weighted by molar-refractivity contribution is 0.259. The van der Waals surface area contributed by atoms with E-state index in [2.05, 4.69) is 66.9 Å². The first-order chi connectivity index (χ1) is 9.12. The molecule has 98 valence electrons. The summed E-state index contributed by atoms with van der Waals surface area (Å²) in [6.07, 6.45) is 0.0890. The maximum atomic E-state index is 6.42. The van der Waals surface area contributed by atoms with E-state index in [-0.39, 0.29) is 6.10 Å². The number of rotatable bonds is 2. The van der Waals surface area contributed by atoms with Crippen LogP contribution in [0.5, 0.6) is 0 Å². The highest BCUT2D eigenvalue weighted by molar-refractivity contribution is 6.85. The minimum absolute atomic E-state index is 0.0890. The molecule has 1 unspecified atom stereocenters. The molecule has 1 heterocycles. The minimum atomic E-state index is -1.75. The summed E-state index contributed by atoms with van der Waals surface area (Å²) in [5, 5.41) is 4.62. The van der Waals surface area contributed by atoms with Gasteiger partial charge in [0.05, 0.1) is 6.10 Å². The van der Waals surface area contributed by atoms with Crippen LogP contribution in [-0.4, -0.2) is 15.4 Å². The monoisotopic (exact) mass is 269 g/mol. The molecule has 0 fully saturated rings. The molecule has 3 rings (SSSR count). The van der Waals surface area contributed by atoms with Gasteiger partial charge in [0.2, 0.25) is 8.32 Å². The van der Waals surface area contributed by atoms with Gasteiger partial charge in [-0.15, -0.1) is 0 Å². The lowest BCUT2D eigenvalue weighted by atomic mass is 10.0. The Labute approximate surface area is 115 Å². The van der Waals surface area contributed by atoms with Gasteiger partial charge in [0.25, 0.3) is 0 Å². The quantitative estimate of drug-likeness (QED) is 0.845. The molecule has 0 saturated carbocycles. The molecule has 2 aromatic rings. The second-order valence-corrected chi connectivity index (χ2v) is 9.27. The van der Waals surface area contributed by atoms with Crippen LogP contribution < -0.4 is 10.5 Å². The smallest absolute Gasteiger partial charge is 0.219 e. The summed E-state index contributed by atoms with van der Waals surface area (Å²) in [5.74, 6) is 0. The van der Waals surface area contributed by atoms with Crippen molar-refractivity contribution < 1.29 is 4.43 Å². The highest BCUT2D eigenvalue weighted by atomic mass is 28.4. The van der Waals surface area contributed by atoms with Crippen molar-refractivity contribution >= 4 is 19.2 Å². The van der Waals surface area contributed by atoms with Gasteiger partial charge in [-0.05, 0) is 41.5 Å². The van der Waals surface area contributed by atoms with Crippen molar-refractivity contribution in [3.63, 3.8) is 0 Å². The van der Waals surface area contributed by atoms with Gasteiger partial charge in [-0.25, -0.2) is 0 Å². The molecular weight excluding hydrogens is 250 g/mol. The second-order valence-electron chi connectivity index (χ2n) is 5.47. The summed E-state index contributed by atoms with van der Waals surface area (Å²) in [6, 6.07) is 17.1. The maximum Gasteiger partial charge on any atom is 0.219 e. The van der Waals surface area contributed by atoms with Crippen molar-refractivity contribution in [2.45, 2.75) is 19.2 Å². The van der Waals surface area contributed by atoms with Crippen molar-refractivity contribution in [2.75, 3.05) is 12.4 Å². The summed E-state index contributed by atoms with van der Waals surface area (Å²) in [5.41, 5.74) is 3.70. The Morgan fingerprint density at radius 2 is 1.84 bits per heavy atom. The molecule has 0 aliphatic carbocycles. The van der Waals surface area contributed by atoms with E-state index in [1.54, 1.807) is 0 Å². The Kier molecular flexibility index (Phi) is 2.95. The fourth-order valence-corrected chi connectivity index (χ4v) is 5.19. The predicted molar refractivity (Wildman–Crippen MR) is 82.5 cm³/mol. The zero-order valence-electron chi connectivity index (χ0n) is 11.6. The number of anilines is 1. The van der Waals surface area contributed by atoms with Gasteiger partial charge >= 0.3 is 0 Å². The molecule has 2 aromatic carbocycles. The number of fused-ring (bicyclic) bond motifs is 1. The SMILES string of the molecule is CNc1cccc(C2O[Si](C)(C)c3ccccc32)c1. The van der Waals surface area contributed by atoms with E-state index in [1.807, 2.05) is 7.05 Å². The molecule has 1 atom stereocenters. The molecule has 2 nitrogen and oxygen atoms in total. The minimum Gasteiger partial charge on any atom is -0.402 e. The molecule has 0 spiro atoms. The number of hydrogen-bond donors (Lipinski definition) is 1. The largest absolute Gasteiger partial charge is 0.402 e. The Balaban J connectivity index is 2.08. The third-order valence-electron chi connectivity index (χ3n) is 3.78. The van der Waals surface area contributed by atoms with Crippen LogP contribution in [0, 0.1) is 0 Å². The molecule has 1 aliphatic heterocycles. The van der Waals surface area contributed by atoms with Crippen LogP contribution in [0.25, 0.3) is 0 Å². The number of benzene rings is 2. The molecule has 0 amide bonds. The molecule has 1 N–H and O–H groups in total. The predicted octanol–water partition coefficient (Wildman–Crippen LogP) is 3.26. The molecule has 3 heteroatoms. The van der Waals surface area contributed by atoms with Gasteiger partial charge in [0, 0.05) is 12.7 Å². The molecule has 0 aromatic heterocycles. The fourth-order valence-electron chi connectivity index (χ4n) is 2.80. The first kappa shape index (κ1) is 12.5. The maximum absolute atomic E-state index is 6.42. The van der Waals surface area contributed by atoms with Crippen molar-refractivity contribution in [3.05, 3.63) is 59.7 Å². The Hall–Kier alpha value is -1.58. The Bertz CT molecular complexity index is 609. The Morgan fingerprint density at radius 1 is 1.05 bits per heavy atom. The molecule has 0 bridgehead atoms. The average molecular weight is 269 g/mol. The topological polar surface area (TPSA) is 21.3 Å².